The molecule has 0 amide bonds. The van der Waals surface area contributed by atoms with Crippen molar-refractivity contribution in [3.05, 3.63) is 59.7 Å². The van der Waals surface area contributed by atoms with Crippen LogP contribution in [0.25, 0.3) is 11.1 Å². The molecule has 2 heterocycles. The highest BCUT2D eigenvalue weighted by Gasteiger charge is 2.38. The second-order valence-corrected chi connectivity index (χ2v) is 9.87. The number of rotatable bonds is 13. The van der Waals surface area contributed by atoms with E-state index in [0.717, 1.165) is 39.6 Å². The van der Waals surface area contributed by atoms with Gasteiger partial charge in [0.2, 0.25) is 0 Å². The second-order valence-electron chi connectivity index (χ2n) is 9.87. The summed E-state index contributed by atoms with van der Waals surface area (Å²) in [5.41, 5.74) is 5.39. The van der Waals surface area contributed by atoms with Gasteiger partial charge < -0.3 is 18.9 Å². The molecule has 0 unspecified atom stereocenters. The van der Waals surface area contributed by atoms with E-state index in [1.807, 2.05) is 0 Å². The Hall–Kier alpha value is -1.72. The predicted octanol–water partition coefficient (Wildman–Crippen LogP) is 6.02. The zero-order chi connectivity index (χ0) is 22.3. The lowest BCUT2D eigenvalue weighted by molar-refractivity contribution is -0.155. The van der Waals surface area contributed by atoms with Crippen LogP contribution in [0.5, 0.6) is 0 Å². The molecule has 0 aliphatic carbocycles. The van der Waals surface area contributed by atoms with Crippen molar-refractivity contribution < 1.29 is 18.9 Å². The maximum Gasteiger partial charge on any atom is 0.0717 e. The van der Waals surface area contributed by atoms with E-state index in [2.05, 4.69) is 62.4 Å². The molecule has 0 radical (unpaired) electrons. The minimum absolute atomic E-state index is 0.252. The molecule has 0 bridgehead atoms. The molecule has 2 fully saturated rings. The first kappa shape index (κ1) is 23.4. The lowest BCUT2D eigenvalue weighted by Gasteiger charge is -2.41. The van der Waals surface area contributed by atoms with Crippen molar-refractivity contribution in [2.24, 2.45) is 10.8 Å². The van der Waals surface area contributed by atoms with Crippen molar-refractivity contribution in [3.63, 3.8) is 0 Å². The Bertz CT molecular complexity index is 748. The molecule has 2 aliphatic heterocycles. The van der Waals surface area contributed by atoms with Crippen LogP contribution in [0.15, 0.2) is 48.5 Å². The molecule has 32 heavy (non-hydrogen) atoms. The van der Waals surface area contributed by atoms with Crippen molar-refractivity contribution in [2.45, 2.75) is 52.7 Å². The molecule has 2 aromatic carbocycles. The van der Waals surface area contributed by atoms with E-state index in [1.165, 1.54) is 47.9 Å². The van der Waals surface area contributed by atoms with Crippen LogP contribution in [-0.4, -0.2) is 39.6 Å². The number of hydrogen-bond donors (Lipinski definition) is 0. The van der Waals surface area contributed by atoms with Gasteiger partial charge in [-0.05, 0) is 35.1 Å². The minimum atomic E-state index is 0.252. The first-order valence-corrected chi connectivity index (χ1v) is 12.2. The van der Waals surface area contributed by atoms with Crippen LogP contribution in [0.2, 0.25) is 0 Å². The van der Waals surface area contributed by atoms with Crippen LogP contribution in [-0.2, 0) is 32.2 Å². The van der Waals surface area contributed by atoms with Crippen LogP contribution < -0.4 is 0 Å². The molecule has 2 aliphatic rings. The molecule has 4 rings (SSSR count). The Morgan fingerprint density at radius 2 is 1.00 bits per heavy atom. The van der Waals surface area contributed by atoms with Crippen LogP contribution >= 0.6 is 0 Å². The summed E-state index contributed by atoms with van der Waals surface area (Å²) in [7, 11) is 0. The van der Waals surface area contributed by atoms with Crippen molar-refractivity contribution in [3.8, 4) is 11.1 Å². The minimum Gasteiger partial charge on any atom is -0.380 e. The molecule has 0 aromatic heterocycles. The van der Waals surface area contributed by atoms with E-state index in [9.17, 15) is 0 Å². The summed E-state index contributed by atoms with van der Waals surface area (Å²) < 4.78 is 22.9. The Balaban J connectivity index is 1.23. The van der Waals surface area contributed by atoms with E-state index in [1.54, 1.807) is 0 Å². The molecule has 2 saturated heterocycles. The van der Waals surface area contributed by atoms with Gasteiger partial charge in [0.25, 0.3) is 0 Å². The standard InChI is InChI=1S/C28H38O4/c1-3-13-27(19-31-20-27)17-29-15-23-5-9-25(10-6-23)26-11-7-24(8-12-26)16-30-18-28(14-4-2)21-32-22-28/h5-12H,3-4,13-22H2,1-2H3. The van der Waals surface area contributed by atoms with E-state index < -0.39 is 0 Å². The Morgan fingerprint density at radius 1 is 0.625 bits per heavy atom. The molecule has 0 spiro atoms. The largest absolute Gasteiger partial charge is 0.380 e. The van der Waals surface area contributed by atoms with Gasteiger partial charge in [-0.15, -0.1) is 0 Å². The molecule has 4 nitrogen and oxygen atoms in total. The normalized spacial score (nSPS) is 18.7. The smallest absolute Gasteiger partial charge is 0.0717 e. The Kier molecular flexibility index (Phi) is 8.01. The fraction of sp³-hybridized carbons (Fsp3) is 0.571. The zero-order valence-corrected chi connectivity index (χ0v) is 19.7. The molecule has 2 aromatic rings. The van der Waals surface area contributed by atoms with Gasteiger partial charge in [0.05, 0.1) is 52.9 Å². The summed E-state index contributed by atoms with van der Waals surface area (Å²) in [4.78, 5) is 0. The third-order valence-corrected chi connectivity index (χ3v) is 6.79. The van der Waals surface area contributed by atoms with Crippen molar-refractivity contribution >= 4 is 0 Å². The van der Waals surface area contributed by atoms with E-state index in [0.29, 0.717) is 13.2 Å². The predicted molar refractivity (Wildman–Crippen MR) is 128 cm³/mol. The lowest BCUT2D eigenvalue weighted by Crippen LogP contribution is -2.46. The topological polar surface area (TPSA) is 36.9 Å². The summed E-state index contributed by atoms with van der Waals surface area (Å²) in [5, 5.41) is 0. The van der Waals surface area contributed by atoms with E-state index in [-0.39, 0.29) is 10.8 Å². The number of hydrogen-bond acceptors (Lipinski definition) is 4. The maximum atomic E-state index is 6.03. The molecule has 4 heteroatoms. The first-order chi connectivity index (χ1) is 15.7. The van der Waals surface area contributed by atoms with Crippen molar-refractivity contribution in [1.29, 1.82) is 0 Å². The summed E-state index contributed by atoms with van der Waals surface area (Å²) in [6.07, 6.45) is 4.73. The summed E-state index contributed by atoms with van der Waals surface area (Å²) in [6, 6.07) is 17.4. The Morgan fingerprint density at radius 3 is 1.28 bits per heavy atom. The van der Waals surface area contributed by atoms with Crippen LogP contribution in [0, 0.1) is 10.8 Å². The fourth-order valence-corrected chi connectivity index (χ4v) is 4.80. The van der Waals surface area contributed by atoms with Gasteiger partial charge in [0.15, 0.2) is 0 Å². The highest BCUT2D eigenvalue weighted by atomic mass is 16.5. The van der Waals surface area contributed by atoms with Crippen LogP contribution in [0.3, 0.4) is 0 Å². The Labute approximate surface area is 193 Å². The molecule has 0 N–H and O–H groups in total. The number of benzene rings is 2. The molecule has 0 atom stereocenters. The summed E-state index contributed by atoms with van der Waals surface area (Å²) >= 11 is 0. The third kappa shape index (κ3) is 5.79. The van der Waals surface area contributed by atoms with Gasteiger partial charge in [0, 0.05) is 10.8 Å². The average Bonchev–Trinajstić information content (AvgIpc) is 2.77. The van der Waals surface area contributed by atoms with E-state index in [4.69, 9.17) is 18.9 Å². The van der Waals surface area contributed by atoms with Gasteiger partial charge in [0.1, 0.15) is 0 Å². The van der Waals surface area contributed by atoms with Crippen molar-refractivity contribution in [2.75, 3.05) is 39.6 Å². The molecular weight excluding hydrogens is 400 g/mol. The molecule has 174 valence electrons. The van der Waals surface area contributed by atoms with Gasteiger partial charge in [-0.1, -0.05) is 75.2 Å². The van der Waals surface area contributed by atoms with Gasteiger partial charge in [-0.3, -0.25) is 0 Å². The molecular formula is C28H38O4. The lowest BCUT2D eigenvalue weighted by atomic mass is 9.82. The SMILES string of the molecule is CCCC1(COCc2ccc(-c3ccc(COCC4(CCC)COC4)cc3)cc2)COC1. The van der Waals surface area contributed by atoms with Crippen LogP contribution in [0.4, 0.5) is 0 Å². The monoisotopic (exact) mass is 438 g/mol. The quantitative estimate of drug-likeness (QED) is 0.383. The van der Waals surface area contributed by atoms with Gasteiger partial charge in [-0.25, -0.2) is 0 Å². The molecule has 0 saturated carbocycles. The fourth-order valence-electron chi connectivity index (χ4n) is 4.80. The third-order valence-electron chi connectivity index (χ3n) is 6.79. The summed E-state index contributed by atoms with van der Waals surface area (Å²) in [6.45, 7) is 10.7. The summed E-state index contributed by atoms with van der Waals surface area (Å²) in [5.74, 6) is 0. The van der Waals surface area contributed by atoms with Gasteiger partial charge >= 0.3 is 0 Å². The van der Waals surface area contributed by atoms with E-state index >= 15 is 0 Å². The highest BCUT2D eigenvalue weighted by Crippen LogP contribution is 2.34. The zero-order valence-electron chi connectivity index (χ0n) is 19.7. The van der Waals surface area contributed by atoms with Crippen LogP contribution in [0.1, 0.15) is 50.7 Å². The maximum absolute atomic E-state index is 6.03. The second kappa shape index (κ2) is 10.9. The average molecular weight is 439 g/mol. The number of ether oxygens (including phenoxy) is 4. The first-order valence-electron chi connectivity index (χ1n) is 12.2. The van der Waals surface area contributed by atoms with Crippen molar-refractivity contribution in [1.82, 2.24) is 0 Å². The van der Waals surface area contributed by atoms with Gasteiger partial charge in [-0.2, -0.15) is 0 Å². The highest BCUT2D eigenvalue weighted by molar-refractivity contribution is 5.63.